The molecule has 2 unspecified atom stereocenters. The Morgan fingerprint density at radius 2 is 0.926 bits per heavy atom. The van der Waals surface area contributed by atoms with E-state index in [9.17, 15) is 18.1 Å². The second-order valence-corrected chi connectivity index (χ2v) is 9.88. The Morgan fingerprint density at radius 3 is 1.37 bits per heavy atom. The molecule has 0 aromatic carbocycles. The molecule has 164 valence electrons. The SMILES string of the molecule is CCCCCCCCCC(CCCCC(O)CCCCCCC)S(=O)(=O)O. The average molecular weight is 407 g/mol. The highest BCUT2D eigenvalue weighted by atomic mass is 32.2. The van der Waals surface area contributed by atoms with Crippen LogP contribution in [0.2, 0.25) is 0 Å². The van der Waals surface area contributed by atoms with E-state index in [0.29, 0.717) is 12.8 Å². The van der Waals surface area contributed by atoms with E-state index < -0.39 is 15.4 Å². The van der Waals surface area contributed by atoms with Crippen molar-refractivity contribution in [3.63, 3.8) is 0 Å². The smallest absolute Gasteiger partial charge is 0.267 e. The van der Waals surface area contributed by atoms with Crippen LogP contribution in [0.3, 0.4) is 0 Å². The number of hydrogen-bond acceptors (Lipinski definition) is 3. The second-order valence-electron chi connectivity index (χ2n) is 8.19. The van der Waals surface area contributed by atoms with Gasteiger partial charge in [-0.1, -0.05) is 104 Å². The molecule has 0 heterocycles. The van der Waals surface area contributed by atoms with E-state index in [4.69, 9.17) is 0 Å². The molecule has 27 heavy (non-hydrogen) atoms. The summed E-state index contributed by atoms with van der Waals surface area (Å²) in [4.78, 5) is 0. The molecule has 2 atom stereocenters. The minimum absolute atomic E-state index is 0.265. The van der Waals surface area contributed by atoms with Crippen molar-refractivity contribution >= 4 is 10.1 Å². The Bertz CT molecular complexity index is 409. The topological polar surface area (TPSA) is 74.6 Å². The molecular weight excluding hydrogens is 360 g/mol. The van der Waals surface area contributed by atoms with Gasteiger partial charge in [0.1, 0.15) is 0 Å². The molecule has 0 saturated heterocycles. The first-order valence-corrected chi connectivity index (χ1v) is 13.1. The quantitative estimate of drug-likeness (QED) is 0.175. The van der Waals surface area contributed by atoms with Crippen molar-refractivity contribution in [2.75, 3.05) is 0 Å². The van der Waals surface area contributed by atoms with Crippen LogP contribution < -0.4 is 0 Å². The first-order chi connectivity index (χ1) is 12.9. The van der Waals surface area contributed by atoms with Crippen LogP contribution in [0.5, 0.6) is 0 Å². The van der Waals surface area contributed by atoms with Crippen molar-refractivity contribution in [1.29, 1.82) is 0 Å². The summed E-state index contributed by atoms with van der Waals surface area (Å²) in [5.74, 6) is 0. The van der Waals surface area contributed by atoms with Crippen molar-refractivity contribution in [2.45, 2.75) is 141 Å². The number of hydrogen-bond donors (Lipinski definition) is 2. The van der Waals surface area contributed by atoms with Gasteiger partial charge in [-0.2, -0.15) is 8.42 Å². The Morgan fingerprint density at radius 1 is 0.593 bits per heavy atom. The molecule has 0 amide bonds. The van der Waals surface area contributed by atoms with E-state index in [1.54, 1.807) is 0 Å². The molecule has 0 aliphatic heterocycles. The summed E-state index contributed by atoms with van der Waals surface area (Å²) >= 11 is 0. The fraction of sp³-hybridized carbons (Fsp3) is 1.00. The number of rotatable bonds is 20. The standard InChI is InChI=1S/C22H46O4S/c1-3-5-7-9-10-12-14-19-22(27(24,25)26)20-16-15-18-21(23)17-13-11-8-6-4-2/h21-23H,3-20H2,1-2H3,(H,24,25,26). The Balaban J connectivity index is 3.82. The van der Waals surface area contributed by atoms with Crippen molar-refractivity contribution in [3.05, 3.63) is 0 Å². The van der Waals surface area contributed by atoms with Crippen LogP contribution in [0.1, 0.15) is 129 Å². The summed E-state index contributed by atoms with van der Waals surface area (Å²) in [7, 11) is -3.95. The third-order valence-electron chi connectivity index (χ3n) is 5.51. The van der Waals surface area contributed by atoms with Crippen molar-refractivity contribution in [2.24, 2.45) is 0 Å². The first kappa shape index (κ1) is 26.9. The van der Waals surface area contributed by atoms with Gasteiger partial charge in [0.15, 0.2) is 0 Å². The fourth-order valence-electron chi connectivity index (χ4n) is 3.65. The van der Waals surface area contributed by atoms with Gasteiger partial charge in [0.25, 0.3) is 10.1 Å². The predicted octanol–water partition coefficient (Wildman–Crippen LogP) is 6.67. The lowest BCUT2D eigenvalue weighted by Crippen LogP contribution is -2.20. The highest BCUT2D eigenvalue weighted by Gasteiger charge is 2.22. The largest absolute Gasteiger partial charge is 0.393 e. The lowest BCUT2D eigenvalue weighted by atomic mass is 10.0. The molecule has 4 nitrogen and oxygen atoms in total. The van der Waals surface area contributed by atoms with Gasteiger partial charge in [-0.25, -0.2) is 0 Å². The van der Waals surface area contributed by atoms with Gasteiger partial charge in [-0.15, -0.1) is 0 Å². The van der Waals surface area contributed by atoms with Gasteiger partial charge in [-0.3, -0.25) is 4.55 Å². The number of aliphatic hydroxyl groups excluding tert-OH is 1. The van der Waals surface area contributed by atoms with Gasteiger partial charge >= 0.3 is 0 Å². The van der Waals surface area contributed by atoms with Crippen LogP contribution in [0.4, 0.5) is 0 Å². The number of aliphatic hydroxyl groups is 1. The lowest BCUT2D eigenvalue weighted by Gasteiger charge is -2.15. The molecular formula is C22H46O4S. The fourth-order valence-corrected chi connectivity index (χ4v) is 4.58. The summed E-state index contributed by atoms with van der Waals surface area (Å²) in [5.41, 5.74) is 0. The van der Waals surface area contributed by atoms with Gasteiger partial charge < -0.3 is 5.11 Å². The third kappa shape index (κ3) is 17.7. The van der Waals surface area contributed by atoms with Crippen molar-refractivity contribution < 1.29 is 18.1 Å². The molecule has 0 spiro atoms. The maximum absolute atomic E-state index is 11.6. The van der Waals surface area contributed by atoms with E-state index in [-0.39, 0.29) is 6.10 Å². The van der Waals surface area contributed by atoms with Crippen LogP contribution in [0, 0.1) is 0 Å². The molecule has 0 rings (SSSR count). The van der Waals surface area contributed by atoms with E-state index in [1.807, 2.05) is 0 Å². The molecule has 5 heteroatoms. The van der Waals surface area contributed by atoms with E-state index in [1.165, 1.54) is 51.4 Å². The van der Waals surface area contributed by atoms with E-state index in [0.717, 1.165) is 51.4 Å². The van der Waals surface area contributed by atoms with Crippen LogP contribution in [0.25, 0.3) is 0 Å². The third-order valence-corrected chi connectivity index (χ3v) is 6.82. The predicted molar refractivity (Wildman–Crippen MR) is 116 cm³/mol. The zero-order valence-corrected chi connectivity index (χ0v) is 18.8. The number of unbranched alkanes of at least 4 members (excludes halogenated alkanes) is 11. The van der Waals surface area contributed by atoms with Gasteiger partial charge in [0, 0.05) is 0 Å². The Kier molecular flexibility index (Phi) is 17.8. The van der Waals surface area contributed by atoms with Crippen LogP contribution >= 0.6 is 0 Å². The minimum atomic E-state index is -3.95. The molecule has 0 bridgehead atoms. The van der Waals surface area contributed by atoms with Crippen LogP contribution in [-0.2, 0) is 10.1 Å². The van der Waals surface area contributed by atoms with Gasteiger partial charge in [0.2, 0.25) is 0 Å². The molecule has 2 N–H and O–H groups in total. The first-order valence-electron chi connectivity index (χ1n) is 11.6. The average Bonchev–Trinajstić information content (AvgIpc) is 2.61. The van der Waals surface area contributed by atoms with Crippen LogP contribution in [-0.4, -0.2) is 29.4 Å². The molecule has 0 fully saturated rings. The second kappa shape index (κ2) is 17.9. The molecule has 0 aliphatic carbocycles. The Labute approximate surface area is 169 Å². The van der Waals surface area contributed by atoms with E-state index in [2.05, 4.69) is 13.8 Å². The molecule has 0 radical (unpaired) electrons. The summed E-state index contributed by atoms with van der Waals surface area (Å²) in [6.45, 7) is 4.39. The normalized spacial score (nSPS) is 14.4. The summed E-state index contributed by atoms with van der Waals surface area (Å²) in [6, 6.07) is 0. The van der Waals surface area contributed by atoms with Crippen LogP contribution in [0.15, 0.2) is 0 Å². The monoisotopic (exact) mass is 406 g/mol. The maximum atomic E-state index is 11.6. The van der Waals surface area contributed by atoms with Gasteiger partial charge in [0.05, 0.1) is 11.4 Å². The van der Waals surface area contributed by atoms with Crippen molar-refractivity contribution in [3.8, 4) is 0 Å². The summed E-state index contributed by atoms with van der Waals surface area (Å²) in [6.07, 6.45) is 18.1. The maximum Gasteiger partial charge on any atom is 0.267 e. The van der Waals surface area contributed by atoms with Gasteiger partial charge in [-0.05, 0) is 25.7 Å². The van der Waals surface area contributed by atoms with Crippen molar-refractivity contribution in [1.82, 2.24) is 0 Å². The molecule has 0 aromatic rings. The Hall–Kier alpha value is -0.130. The minimum Gasteiger partial charge on any atom is -0.393 e. The zero-order chi connectivity index (χ0) is 20.4. The summed E-state index contributed by atoms with van der Waals surface area (Å²) in [5, 5.41) is 9.40. The molecule has 0 aliphatic rings. The van der Waals surface area contributed by atoms with E-state index >= 15 is 0 Å². The molecule has 0 aromatic heterocycles. The lowest BCUT2D eigenvalue weighted by molar-refractivity contribution is 0.147. The molecule has 0 saturated carbocycles. The highest BCUT2D eigenvalue weighted by Crippen LogP contribution is 2.19. The highest BCUT2D eigenvalue weighted by molar-refractivity contribution is 7.86. The zero-order valence-electron chi connectivity index (χ0n) is 18.0. The summed E-state index contributed by atoms with van der Waals surface area (Å²) < 4.78 is 32.7.